The standard InChI is InChI=1S/C21H27ClN4O2S/c1-13(2)23-21(28)18-5-4-16(22)10-19(18)25-20(27)15-6-8-26(9-7-15)11-17-12-29-14(3)24-17/h4-5,10,12-13,15H,6-9,11H2,1-3H3,(H,23,28)(H,25,27). The number of aromatic nitrogens is 1. The molecule has 0 bridgehead atoms. The molecule has 8 heteroatoms. The van der Waals surface area contributed by atoms with Crippen LogP contribution in [0.4, 0.5) is 5.69 Å². The monoisotopic (exact) mass is 434 g/mol. The summed E-state index contributed by atoms with van der Waals surface area (Å²) in [5.41, 5.74) is 1.98. The van der Waals surface area contributed by atoms with Gasteiger partial charge in [0.2, 0.25) is 5.91 Å². The predicted octanol–water partition coefficient (Wildman–Crippen LogP) is 4.09. The Hall–Kier alpha value is -1.96. The van der Waals surface area contributed by atoms with Crippen molar-refractivity contribution < 1.29 is 9.59 Å². The van der Waals surface area contributed by atoms with Gasteiger partial charge in [0.15, 0.2) is 0 Å². The van der Waals surface area contributed by atoms with Crippen LogP contribution < -0.4 is 10.6 Å². The van der Waals surface area contributed by atoms with E-state index in [1.165, 1.54) is 0 Å². The third kappa shape index (κ3) is 6.01. The number of carbonyl (C=O) groups excluding carboxylic acids is 2. The SMILES string of the molecule is Cc1nc(CN2CCC(C(=O)Nc3cc(Cl)ccc3C(=O)NC(C)C)CC2)cs1. The molecule has 1 aliphatic rings. The normalized spacial score (nSPS) is 15.5. The van der Waals surface area contributed by atoms with Crippen molar-refractivity contribution in [3.05, 3.63) is 44.9 Å². The van der Waals surface area contributed by atoms with E-state index in [1.807, 2.05) is 20.8 Å². The van der Waals surface area contributed by atoms with Crippen molar-refractivity contribution in [2.24, 2.45) is 5.92 Å². The van der Waals surface area contributed by atoms with Gasteiger partial charge in [0.1, 0.15) is 0 Å². The van der Waals surface area contributed by atoms with Crippen LogP contribution in [0.2, 0.25) is 5.02 Å². The summed E-state index contributed by atoms with van der Waals surface area (Å²) in [4.78, 5) is 32.1. The van der Waals surface area contributed by atoms with E-state index >= 15 is 0 Å². The molecule has 2 amide bonds. The van der Waals surface area contributed by atoms with Gasteiger partial charge in [-0.2, -0.15) is 0 Å². The molecule has 0 spiro atoms. The van der Waals surface area contributed by atoms with E-state index in [0.29, 0.717) is 16.3 Å². The van der Waals surface area contributed by atoms with Crippen LogP contribution in [0.25, 0.3) is 0 Å². The Bertz CT molecular complexity index is 875. The van der Waals surface area contributed by atoms with Gasteiger partial charge >= 0.3 is 0 Å². The first-order valence-corrected chi connectivity index (χ1v) is 11.1. The number of nitrogens with zero attached hydrogens (tertiary/aromatic N) is 2. The second kappa shape index (κ2) is 9.69. The van der Waals surface area contributed by atoms with E-state index in [0.717, 1.165) is 43.2 Å². The molecule has 6 nitrogen and oxygen atoms in total. The number of piperidine rings is 1. The molecule has 0 aliphatic carbocycles. The van der Waals surface area contributed by atoms with Crippen molar-refractivity contribution in [1.82, 2.24) is 15.2 Å². The Kier molecular flexibility index (Phi) is 7.27. The van der Waals surface area contributed by atoms with Crippen molar-refractivity contribution >= 4 is 40.4 Å². The Labute approximate surface area is 180 Å². The Morgan fingerprint density at radius 3 is 2.66 bits per heavy atom. The van der Waals surface area contributed by atoms with Crippen LogP contribution in [0, 0.1) is 12.8 Å². The number of halogens is 1. The number of benzene rings is 1. The number of hydrogen-bond donors (Lipinski definition) is 2. The van der Waals surface area contributed by atoms with E-state index < -0.39 is 0 Å². The summed E-state index contributed by atoms with van der Waals surface area (Å²) >= 11 is 7.76. The number of rotatable bonds is 6. The summed E-state index contributed by atoms with van der Waals surface area (Å²) in [5, 5.41) is 9.44. The smallest absolute Gasteiger partial charge is 0.253 e. The highest BCUT2D eigenvalue weighted by Crippen LogP contribution is 2.25. The van der Waals surface area contributed by atoms with E-state index in [1.54, 1.807) is 29.5 Å². The van der Waals surface area contributed by atoms with Gasteiger partial charge < -0.3 is 10.6 Å². The van der Waals surface area contributed by atoms with Gasteiger partial charge in [-0.3, -0.25) is 14.5 Å². The summed E-state index contributed by atoms with van der Waals surface area (Å²) in [7, 11) is 0. The number of amides is 2. The average Bonchev–Trinajstić information content (AvgIpc) is 3.06. The molecular weight excluding hydrogens is 408 g/mol. The molecule has 2 aromatic rings. The molecule has 1 aromatic carbocycles. The summed E-state index contributed by atoms with van der Waals surface area (Å²) in [6.07, 6.45) is 1.56. The minimum Gasteiger partial charge on any atom is -0.350 e. The highest BCUT2D eigenvalue weighted by molar-refractivity contribution is 7.09. The van der Waals surface area contributed by atoms with Gasteiger partial charge in [-0.1, -0.05) is 11.6 Å². The fourth-order valence-corrected chi connectivity index (χ4v) is 4.23. The molecule has 0 atom stereocenters. The van der Waals surface area contributed by atoms with Gasteiger partial charge in [-0.15, -0.1) is 11.3 Å². The molecule has 1 aliphatic heterocycles. The molecule has 29 heavy (non-hydrogen) atoms. The van der Waals surface area contributed by atoms with Crippen molar-refractivity contribution in [1.29, 1.82) is 0 Å². The van der Waals surface area contributed by atoms with Crippen molar-refractivity contribution in [2.75, 3.05) is 18.4 Å². The van der Waals surface area contributed by atoms with Gasteiger partial charge in [0.05, 0.1) is 22.0 Å². The number of anilines is 1. The van der Waals surface area contributed by atoms with Crippen LogP contribution in [-0.4, -0.2) is 40.8 Å². The predicted molar refractivity (Wildman–Crippen MR) is 118 cm³/mol. The Morgan fingerprint density at radius 1 is 1.31 bits per heavy atom. The van der Waals surface area contributed by atoms with Crippen molar-refractivity contribution in [2.45, 2.75) is 46.2 Å². The highest BCUT2D eigenvalue weighted by Gasteiger charge is 2.26. The maximum atomic E-state index is 12.8. The quantitative estimate of drug-likeness (QED) is 0.717. The zero-order valence-electron chi connectivity index (χ0n) is 17.0. The molecule has 2 N–H and O–H groups in total. The fraction of sp³-hybridized carbons (Fsp3) is 0.476. The summed E-state index contributed by atoms with van der Waals surface area (Å²) in [6, 6.07) is 4.95. The van der Waals surface area contributed by atoms with Crippen LogP contribution in [0.3, 0.4) is 0 Å². The van der Waals surface area contributed by atoms with Crippen molar-refractivity contribution in [3.63, 3.8) is 0 Å². The first-order chi connectivity index (χ1) is 13.8. The molecule has 1 aromatic heterocycles. The second-order valence-electron chi connectivity index (χ2n) is 7.72. The first kappa shape index (κ1) is 21.7. The Balaban J connectivity index is 1.59. The van der Waals surface area contributed by atoms with Crippen LogP contribution in [0.5, 0.6) is 0 Å². The molecule has 0 unspecified atom stereocenters. The van der Waals surface area contributed by atoms with E-state index in [-0.39, 0.29) is 23.8 Å². The second-order valence-corrected chi connectivity index (χ2v) is 9.21. The summed E-state index contributed by atoms with van der Waals surface area (Å²) in [6.45, 7) is 8.33. The van der Waals surface area contributed by atoms with Crippen LogP contribution in [0.1, 0.15) is 47.7 Å². The van der Waals surface area contributed by atoms with Gasteiger partial charge in [0.25, 0.3) is 5.91 Å². The molecule has 156 valence electrons. The molecule has 1 fully saturated rings. The number of likely N-dealkylation sites (tertiary alicyclic amines) is 1. The Morgan fingerprint density at radius 2 is 2.03 bits per heavy atom. The number of carbonyl (C=O) groups is 2. The third-order valence-electron chi connectivity index (χ3n) is 4.91. The maximum Gasteiger partial charge on any atom is 0.253 e. The van der Waals surface area contributed by atoms with E-state index in [2.05, 4.69) is 25.9 Å². The largest absolute Gasteiger partial charge is 0.350 e. The lowest BCUT2D eigenvalue weighted by Crippen LogP contribution is -2.38. The summed E-state index contributed by atoms with van der Waals surface area (Å²) in [5.74, 6) is -0.362. The average molecular weight is 435 g/mol. The fourth-order valence-electron chi connectivity index (χ4n) is 3.46. The molecule has 2 heterocycles. The number of nitrogens with one attached hydrogen (secondary N) is 2. The van der Waals surface area contributed by atoms with Crippen LogP contribution in [-0.2, 0) is 11.3 Å². The van der Waals surface area contributed by atoms with E-state index in [4.69, 9.17) is 11.6 Å². The molecule has 0 saturated carbocycles. The maximum absolute atomic E-state index is 12.8. The lowest BCUT2D eigenvalue weighted by molar-refractivity contribution is -0.121. The zero-order chi connectivity index (χ0) is 21.0. The number of thiazole rings is 1. The lowest BCUT2D eigenvalue weighted by Gasteiger charge is -2.30. The zero-order valence-corrected chi connectivity index (χ0v) is 18.6. The highest BCUT2D eigenvalue weighted by atomic mass is 35.5. The van der Waals surface area contributed by atoms with Crippen LogP contribution in [0.15, 0.2) is 23.6 Å². The molecule has 0 radical (unpaired) electrons. The molecule has 1 saturated heterocycles. The lowest BCUT2D eigenvalue weighted by atomic mass is 9.95. The third-order valence-corrected chi connectivity index (χ3v) is 5.97. The van der Waals surface area contributed by atoms with Gasteiger partial charge in [-0.05, 0) is 64.9 Å². The topological polar surface area (TPSA) is 74.3 Å². The van der Waals surface area contributed by atoms with Crippen LogP contribution >= 0.6 is 22.9 Å². The number of aryl methyl sites for hydroxylation is 1. The molecule has 3 rings (SSSR count). The first-order valence-electron chi connectivity index (χ1n) is 9.86. The minimum atomic E-state index is -0.222. The van der Waals surface area contributed by atoms with E-state index in [9.17, 15) is 9.59 Å². The van der Waals surface area contributed by atoms with Crippen molar-refractivity contribution in [3.8, 4) is 0 Å². The summed E-state index contributed by atoms with van der Waals surface area (Å²) < 4.78 is 0. The number of hydrogen-bond acceptors (Lipinski definition) is 5. The van der Waals surface area contributed by atoms with Gasteiger partial charge in [-0.25, -0.2) is 4.98 Å². The van der Waals surface area contributed by atoms with Gasteiger partial charge in [0, 0.05) is 28.9 Å². The minimum absolute atomic E-state index is 0.00700. The molecular formula is C21H27ClN4O2S.